The van der Waals surface area contributed by atoms with Gasteiger partial charge >= 0.3 is 5.97 Å². The Kier molecular flexibility index (Phi) is 48.1. The summed E-state index contributed by atoms with van der Waals surface area (Å²) in [4.78, 5) is 24.4. The van der Waals surface area contributed by atoms with Crippen LogP contribution in [0.15, 0.2) is 36.5 Å². The average Bonchev–Trinajstić information content (AvgIpc) is 3.25. The molecule has 0 aromatic heterocycles. The lowest BCUT2D eigenvalue weighted by atomic mass is 10.0. The molecule has 3 N–H and O–H groups in total. The molecule has 0 radical (unpaired) electrons. The molecule has 0 bridgehead atoms. The van der Waals surface area contributed by atoms with E-state index in [4.69, 9.17) is 4.74 Å². The van der Waals surface area contributed by atoms with E-state index in [2.05, 4.69) is 43.5 Å². The Morgan fingerprint density at radius 3 is 1.33 bits per heavy atom. The van der Waals surface area contributed by atoms with Crippen molar-refractivity contribution in [3.63, 3.8) is 0 Å². The van der Waals surface area contributed by atoms with Gasteiger partial charge in [-0.05, 0) is 57.8 Å². The third-order valence-corrected chi connectivity index (χ3v) is 11.9. The SMILES string of the molecule is CCC/C=C\C/C=C\CCCCCCCC(=O)OCCCCCCCCCCCCCCCCCC(=O)NC(CO)C(O)/C=C/CCCCCCCCCCCCCCC. The third-order valence-electron chi connectivity index (χ3n) is 11.9. The van der Waals surface area contributed by atoms with E-state index in [0.717, 1.165) is 64.2 Å². The van der Waals surface area contributed by atoms with Crippen molar-refractivity contribution in [2.24, 2.45) is 0 Å². The van der Waals surface area contributed by atoms with Crippen LogP contribution in [-0.4, -0.2) is 47.4 Å². The van der Waals surface area contributed by atoms with Crippen molar-refractivity contribution in [1.82, 2.24) is 5.32 Å². The monoisotopic (exact) mass is 844 g/mol. The number of hydrogen-bond acceptors (Lipinski definition) is 5. The molecule has 6 nitrogen and oxygen atoms in total. The molecular weight excluding hydrogens is 743 g/mol. The van der Waals surface area contributed by atoms with Gasteiger partial charge in [-0.25, -0.2) is 0 Å². The van der Waals surface area contributed by atoms with E-state index in [-0.39, 0.29) is 18.5 Å². The number of carbonyl (C=O) groups excluding carboxylic acids is 2. The lowest BCUT2D eigenvalue weighted by Gasteiger charge is -2.20. The van der Waals surface area contributed by atoms with E-state index in [1.165, 1.54) is 180 Å². The van der Waals surface area contributed by atoms with Crippen molar-refractivity contribution in [2.45, 2.75) is 283 Å². The number of aliphatic hydroxyl groups excluding tert-OH is 2. The Morgan fingerprint density at radius 2 is 0.867 bits per heavy atom. The summed E-state index contributed by atoms with van der Waals surface area (Å²) in [6, 6.07) is -0.634. The number of ether oxygens (including phenoxy) is 1. The fourth-order valence-electron chi connectivity index (χ4n) is 7.85. The average molecular weight is 844 g/mol. The van der Waals surface area contributed by atoms with Gasteiger partial charge in [0.1, 0.15) is 0 Å². The van der Waals surface area contributed by atoms with Crippen LogP contribution in [0.25, 0.3) is 0 Å². The van der Waals surface area contributed by atoms with Gasteiger partial charge in [0.05, 0.1) is 25.4 Å². The fraction of sp³-hybridized carbons (Fsp3) is 0.852. The van der Waals surface area contributed by atoms with Crippen molar-refractivity contribution >= 4 is 11.9 Å². The number of rotatable bonds is 48. The highest BCUT2D eigenvalue weighted by Crippen LogP contribution is 2.16. The second-order valence-corrected chi connectivity index (χ2v) is 17.9. The van der Waals surface area contributed by atoms with Crippen LogP contribution >= 0.6 is 0 Å². The first kappa shape index (κ1) is 58.1. The molecule has 2 atom stereocenters. The molecule has 0 saturated heterocycles. The van der Waals surface area contributed by atoms with Crippen LogP contribution in [0.4, 0.5) is 0 Å². The molecule has 6 heteroatoms. The predicted molar refractivity (Wildman–Crippen MR) is 259 cm³/mol. The summed E-state index contributed by atoms with van der Waals surface area (Å²) < 4.78 is 5.45. The van der Waals surface area contributed by atoms with Gasteiger partial charge in [-0.15, -0.1) is 0 Å². The van der Waals surface area contributed by atoms with Crippen molar-refractivity contribution < 1.29 is 24.5 Å². The summed E-state index contributed by atoms with van der Waals surface area (Å²) >= 11 is 0. The molecule has 0 rings (SSSR count). The number of esters is 1. The molecule has 0 heterocycles. The van der Waals surface area contributed by atoms with E-state index < -0.39 is 12.1 Å². The molecule has 0 saturated carbocycles. The number of allylic oxidation sites excluding steroid dienone is 5. The van der Waals surface area contributed by atoms with Gasteiger partial charge in [0.15, 0.2) is 0 Å². The second-order valence-electron chi connectivity index (χ2n) is 17.9. The first-order valence-electron chi connectivity index (χ1n) is 26.3. The van der Waals surface area contributed by atoms with E-state index in [9.17, 15) is 19.8 Å². The minimum atomic E-state index is -0.850. The molecule has 0 aromatic carbocycles. The van der Waals surface area contributed by atoms with Crippen LogP contribution in [0.2, 0.25) is 0 Å². The molecule has 0 aromatic rings. The molecular formula is C54H101NO5. The summed E-state index contributed by atoms with van der Waals surface area (Å²) in [7, 11) is 0. The fourth-order valence-corrected chi connectivity index (χ4v) is 7.85. The summed E-state index contributed by atoms with van der Waals surface area (Å²) in [5.74, 6) is -0.0935. The van der Waals surface area contributed by atoms with Crippen LogP contribution in [0.1, 0.15) is 271 Å². The minimum absolute atomic E-state index is 0.0163. The van der Waals surface area contributed by atoms with Crippen LogP contribution in [-0.2, 0) is 14.3 Å². The molecule has 0 fully saturated rings. The van der Waals surface area contributed by atoms with Gasteiger partial charge in [0.25, 0.3) is 0 Å². The lowest BCUT2D eigenvalue weighted by molar-refractivity contribution is -0.143. The quantitative estimate of drug-likeness (QED) is 0.0322. The standard InChI is InChI=1S/C54H101NO5/c1-3-5-7-9-11-13-15-17-19-23-26-30-34-38-42-46-52(57)51(50-56)55-53(58)47-43-39-35-31-27-24-20-18-21-25-29-33-37-41-45-49-60-54(59)48-44-40-36-32-28-22-16-14-12-10-8-6-4-2/h8,10,14,16,42,46,51-52,56-57H,3-7,9,11-13,15,17-41,43-45,47-50H2,1-2H3,(H,55,58)/b10-8-,16-14-,46-42+. The number of carbonyl (C=O) groups is 2. The summed E-state index contributed by atoms with van der Waals surface area (Å²) in [6.45, 7) is 4.81. The maximum absolute atomic E-state index is 12.4. The third kappa shape index (κ3) is 45.6. The zero-order valence-electron chi connectivity index (χ0n) is 39.9. The van der Waals surface area contributed by atoms with E-state index >= 15 is 0 Å². The zero-order chi connectivity index (χ0) is 43.7. The Bertz CT molecular complexity index is 977. The first-order valence-corrected chi connectivity index (χ1v) is 26.3. The Morgan fingerprint density at radius 1 is 0.467 bits per heavy atom. The topological polar surface area (TPSA) is 95.9 Å². The van der Waals surface area contributed by atoms with E-state index in [1.54, 1.807) is 6.08 Å². The van der Waals surface area contributed by atoms with Gasteiger partial charge in [-0.1, -0.05) is 237 Å². The zero-order valence-corrected chi connectivity index (χ0v) is 39.9. The number of amides is 1. The van der Waals surface area contributed by atoms with Gasteiger partial charge < -0.3 is 20.3 Å². The minimum Gasteiger partial charge on any atom is -0.466 e. The van der Waals surface area contributed by atoms with E-state index in [1.807, 2.05) is 6.08 Å². The highest BCUT2D eigenvalue weighted by atomic mass is 16.5. The number of aliphatic hydroxyl groups is 2. The predicted octanol–water partition coefficient (Wildman–Crippen LogP) is 15.7. The van der Waals surface area contributed by atoms with Gasteiger partial charge in [-0.2, -0.15) is 0 Å². The maximum atomic E-state index is 12.4. The molecule has 1 amide bonds. The number of nitrogens with one attached hydrogen (secondary N) is 1. The van der Waals surface area contributed by atoms with Crippen molar-refractivity contribution in [2.75, 3.05) is 13.2 Å². The molecule has 0 aliphatic rings. The highest BCUT2D eigenvalue weighted by Gasteiger charge is 2.18. The second kappa shape index (κ2) is 49.7. The summed E-state index contributed by atoms with van der Waals surface area (Å²) in [5.41, 5.74) is 0. The lowest BCUT2D eigenvalue weighted by Crippen LogP contribution is -2.45. The maximum Gasteiger partial charge on any atom is 0.305 e. The highest BCUT2D eigenvalue weighted by molar-refractivity contribution is 5.76. The summed E-state index contributed by atoms with van der Waals surface area (Å²) in [6.07, 6.45) is 60.0. The van der Waals surface area contributed by atoms with Crippen LogP contribution < -0.4 is 5.32 Å². The van der Waals surface area contributed by atoms with Crippen LogP contribution in [0.3, 0.4) is 0 Å². The van der Waals surface area contributed by atoms with Crippen molar-refractivity contribution in [3.8, 4) is 0 Å². The Labute approximate surface area is 373 Å². The van der Waals surface area contributed by atoms with Crippen LogP contribution in [0.5, 0.6) is 0 Å². The molecule has 2 unspecified atom stereocenters. The largest absolute Gasteiger partial charge is 0.466 e. The van der Waals surface area contributed by atoms with Crippen molar-refractivity contribution in [3.05, 3.63) is 36.5 Å². The van der Waals surface area contributed by atoms with Gasteiger partial charge in [0, 0.05) is 12.8 Å². The van der Waals surface area contributed by atoms with Gasteiger partial charge in [0.2, 0.25) is 5.91 Å². The normalized spacial score (nSPS) is 12.9. The van der Waals surface area contributed by atoms with Crippen LogP contribution in [0, 0.1) is 0 Å². The van der Waals surface area contributed by atoms with Crippen molar-refractivity contribution in [1.29, 1.82) is 0 Å². The van der Waals surface area contributed by atoms with Gasteiger partial charge in [-0.3, -0.25) is 9.59 Å². The molecule has 0 spiro atoms. The Balaban J connectivity index is 3.48. The molecule has 60 heavy (non-hydrogen) atoms. The smallest absolute Gasteiger partial charge is 0.305 e. The number of unbranched alkanes of at least 4 members (excludes halogenated alkanes) is 33. The molecule has 0 aliphatic carbocycles. The van der Waals surface area contributed by atoms with E-state index in [0.29, 0.717) is 19.4 Å². The molecule has 0 aliphatic heterocycles. The summed E-state index contributed by atoms with van der Waals surface area (Å²) in [5, 5.41) is 23.1. The Hall–Kier alpha value is -1.92. The molecule has 352 valence electrons. The number of hydrogen-bond donors (Lipinski definition) is 3. The first-order chi connectivity index (χ1) is 29.5.